The Morgan fingerprint density at radius 3 is 1.62 bits per heavy atom. The van der Waals surface area contributed by atoms with Gasteiger partial charge in [0.25, 0.3) is 0 Å². The molecular weight excluding hydrogens is 304 g/mol. The third-order valence-corrected chi connectivity index (χ3v) is 4.80. The molecule has 24 heavy (non-hydrogen) atoms. The van der Waals surface area contributed by atoms with Crippen molar-refractivity contribution in [2.75, 3.05) is 13.2 Å². The molecule has 0 N–H and O–H groups in total. The van der Waals surface area contributed by atoms with Gasteiger partial charge in [-0.15, -0.1) is 0 Å². The van der Waals surface area contributed by atoms with Gasteiger partial charge in [-0.3, -0.25) is 0 Å². The lowest BCUT2D eigenvalue weighted by Gasteiger charge is -2.23. The van der Waals surface area contributed by atoms with Crippen molar-refractivity contribution in [3.8, 4) is 0 Å². The Labute approximate surface area is 149 Å². The van der Waals surface area contributed by atoms with Crippen LogP contribution in [0.3, 0.4) is 0 Å². The molecule has 0 aromatic heterocycles. The summed E-state index contributed by atoms with van der Waals surface area (Å²) in [6.45, 7) is 10.1. The third kappa shape index (κ3) is 9.97. The molecule has 2 fully saturated rings. The van der Waals surface area contributed by atoms with Gasteiger partial charge in [-0.1, -0.05) is 58.3 Å². The summed E-state index contributed by atoms with van der Waals surface area (Å²) in [5.74, 6) is -0.319. The topological polar surface area (TPSA) is 36.9 Å². The average molecular weight is 345 g/mol. The summed E-state index contributed by atoms with van der Waals surface area (Å²) in [5, 5.41) is 0. The Hall–Kier alpha value is -0.160. The van der Waals surface area contributed by atoms with Gasteiger partial charge in [0.15, 0.2) is 5.79 Å². The van der Waals surface area contributed by atoms with E-state index in [1.54, 1.807) is 0 Å². The van der Waals surface area contributed by atoms with E-state index in [2.05, 4.69) is 37.5 Å². The van der Waals surface area contributed by atoms with Crippen molar-refractivity contribution in [2.45, 2.75) is 116 Å². The molecule has 0 aliphatic carbocycles. The van der Waals surface area contributed by atoms with Crippen molar-refractivity contribution in [2.24, 2.45) is 0 Å². The van der Waals surface area contributed by atoms with E-state index in [0.29, 0.717) is 0 Å². The van der Waals surface area contributed by atoms with Gasteiger partial charge in [0.1, 0.15) is 0 Å². The molecular formula is C20H40O4. The van der Waals surface area contributed by atoms with E-state index in [-0.39, 0.29) is 18.0 Å². The molecule has 4 nitrogen and oxygen atoms in total. The molecule has 0 amide bonds. The van der Waals surface area contributed by atoms with Gasteiger partial charge in [-0.25, -0.2) is 9.78 Å². The quantitative estimate of drug-likeness (QED) is 0.371. The minimum atomic E-state index is -0.319. The van der Waals surface area contributed by atoms with Crippen LogP contribution in [0, 0.1) is 0 Å². The first kappa shape index (κ1) is 21.9. The predicted octanol–water partition coefficient (Wildman–Crippen LogP) is 5.79. The first-order valence-corrected chi connectivity index (χ1v) is 10.2. The van der Waals surface area contributed by atoms with Crippen LogP contribution in [0.2, 0.25) is 0 Å². The van der Waals surface area contributed by atoms with Crippen LogP contribution in [0.4, 0.5) is 0 Å². The summed E-state index contributed by atoms with van der Waals surface area (Å²) >= 11 is 0. The zero-order chi connectivity index (χ0) is 17.7. The SMILES string of the molecule is C1COOC1.CCCCCCCCCCCC1(C)OC(C)C(C)O1. The number of hydrogen-bond donors (Lipinski definition) is 0. The number of ether oxygens (including phenoxy) is 2. The first-order valence-electron chi connectivity index (χ1n) is 10.2. The van der Waals surface area contributed by atoms with Crippen molar-refractivity contribution in [3.63, 3.8) is 0 Å². The number of unbranched alkanes of at least 4 members (excludes halogenated alkanes) is 8. The summed E-state index contributed by atoms with van der Waals surface area (Å²) in [6, 6.07) is 0. The molecule has 0 saturated carbocycles. The van der Waals surface area contributed by atoms with Crippen LogP contribution in [0.1, 0.15) is 98.3 Å². The molecule has 0 radical (unpaired) electrons. The van der Waals surface area contributed by atoms with Crippen molar-refractivity contribution < 1.29 is 19.2 Å². The van der Waals surface area contributed by atoms with Gasteiger partial charge in [-0.05, 0) is 27.2 Å². The van der Waals surface area contributed by atoms with Crippen LogP contribution >= 0.6 is 0 Å². The van der Waals surface area contributed by atoms with Crippen LogP contribution < -0.4 is 0 Å². The van der Waals surface area contributed by atoms with Crippen LogP contribution in [0.15, 0.2) is 0 Å². The second-order valence-electron chi connectivity index (χ2n) is 7.36. The second-order valence-corrected chi connectivity index (χ2v) is 7.36. The van der Waals surface area contributed by atoms with Crippen LogP contribution in [-0.4, -0.2) is 31.2 Å². The zero-order valence-electron chi connectivity index (χ0n) is 16.5. The van der Waals surface area contributed by atoms with Gasteiger partial charge in [0, 0.05) is 12.8 Å². The minimum Gasteiger partial charge on any atom is -0.345 e. The molecule has 2 rings (SSSR count). The molecule has 4 heteroatoms. The molecule has 0 bridgehead atoms. The maximum atomic E-state index is 5.91. The molecule has 2 unspecified atom stereocenters. The molecule has 0 aromatic rings. The Morgan fingerprint density at radius 1 is 0.750 bits per heavy atom. The normalized spacial score (nSPS) is 29.5. The summed E-state index contributed by atoms with van der Waals surface area (Å²) < 4.78 is 11.8. The lowest BCUT2D eigenvalue weighted by Crippen LogP contribution is -2.26. The van der Waals surface area contributed by atoms with E-state index in [1.165, 1.54) is 57.8 Å². The maximum absolute atomic E-state index is 5.91. The summed E-state index contributed by atoms with van der Waals surface area (Å²) in [6.07, 6.45) is 14.9. The fraction of sp³-hybridized carbons (Fsp3) is 1.00. The molecule has 2 atom stereocenters. The van der Waals surface area contributed by atoms with Gasteiger partial charge in [-0.2, -0.15) is 0 Å². The first-order chi connectivity index (χ1) is 11.6. The average Bonchev–Trinajstić information content (AvgIpc) is 3.19. The molecule has 2 saturated heterocycles. The van der Waals surface area contributed by atoms with E-state index in [0.717, 1.165) is 26.1 Å². The van der Waals surface area contributed by atoms with Crippen molar-refractivity contribution in [3.05, 3.63) is 0 Å². The predicted molar refractivity (Wildman–Crippen MR) is 97.9 cm³/mol. The monoisotopic (exact) mass is 344 g/mol. The lowest BCUT2D eigenvalue weighted by molar-refractivity contribution is -0.248. The van der Waals surface area contributed by atoms with Gasteiger partial charge in [0.05, 0.1) is 25.4 Å². The van der Waals surface area contributed by atoms with E-state index in [1.807, 2.05) is 0 Å². The molecule has 2 aliphatic heterocycles. The lowest BCUT2D eigenvalue weighted by atomic mass is 10.0. The van der Waals surface area contributed by atoms with Crippen molar-refractivity contribution in [1.82, 2.24) is 0 Å². The highest BCUT2D eigenvalue weighted by molar-refractivity contribution is 4.78. The van der Waals surface area contributed by atoms with Gasteiger partial charge in [0.2, 0.25) is 0 Å². The minimum absolute atomic E-state index is 0.239. The summed E-state index contributed by atoms with van der Waals surface area (Å²) in [7, 11) is 0. The van der Waals surface area contributed by atoms with E-state index in [9.17, 15) is 0 Å². The molecule has 2 heterocycles. The van der Waals surface area contributed by atoms with Crippen molar-refractivity contribution in [1.29, 1.82) is 0 Å². The van der Waals surface area contributed by atoms with Crippen LogP contribution in [0.25, 0.3) is 0 Å². The van der Waals surface area contributed by atoms with Gasteiger partial charge >= 0.3 is 0 Å². The zero-order valence-corrected chi connectivity index (χ0v) is 16.5. The molecule has 2 aliphatic rings. The Bertz CT molecular complexity index is 274. The largest absolute Gasteiger partial charge is 0.345 e. The third-order valence-electron chi connectivity index (χ3n) is 4.80. The van der Waals surface area contributed by atoms with E-state index in [4.69, 9.17) is 9.47 Å². The van der Waals surface area contributed by atoms with Crippen LogP contribution in [-0.2, 0) is 19.2 Å². The van der Waals surface area contributed by atoms with Gasteiger partial charge < -0.3 is 9.47 Å². The second kappa shape index (κ2) is 13.1. The fourth-order valence-corrected chi connectivity index (χ4v) is 3.18. The Kier molecular flexibility index (Phi) is 11.9. The van der Waals surface area contributed by atoms with Crippen molar-refractivity contribution >= 4 is 0 Å². The number of rotatable bonds is 10. The Balaban J connectivity index is 0.000000488. The smallest absolute Gasteiger partial charge is 0.166 e. The standard InChI is InChI=1S/C17H34O2.C3H6O2/c1-5-6-7-8-9-10-11-12-13-14-17(4)18-15(2)16(3)19-17;1-2-4-5-3-1/h15-16H,5-14H2,1-4H3;1-3H2. The summed E-state index contributed by atoms with van der Waals surface area (Å²) in [5.41, 5.74) is 0. The summed E-state index contributed by atoms with van der Waals surface area (Å²) in [4.78, 5) is 8.89. The molecule has 0 aromatic carbocycles. The highest BCUT2D eigenvalue weighted by atomic mass is 17.2. The maximum Gasteiger partial charge on any atom is 0.166 e. The fourth-order valence-electron chi connectivity index (χ4n) is 3.18. The molecule has 0 spiro atoms. The molecule has 144 valence electrons. The number of hydrogen-bond acceptors (Lipinski definition) is 4. The van der Waals surface area contributed by atoms with E-state index < -0.39 is 0 Å². The van der Waals surface area contributed by atoms with E-state index >= 15 is 0 Å². The highest BCUT2D eigenvalue weighted by Crippen LogP contribution is 2.32. The highest BCUT2D eigenvalue weighted by Gasteiger charge is 2.39. The van der Waals surface area contributed by atoms with Crippen LogP contribution in [0.5, 0.6) is 0 Å². The Morgan fingerprint density at radius 2 is 1.21 bits per heavy atom.